The van der Waals surface area contributed by atoms with Gasteiger partial charge in [0.1, 0.15) is 5.01 Å². The Hall–Kier alpha value is -0.680. The number of rotatable bonds is 7. The minimum atomic E-state index is 0.488. The molecule has 1 aromatic rings. The highest BCUT2D eigenvalue weighted by molar-refractivity contribution is 7.15. The summed E-state index contributed by atoms with van der Waals surface area (Å²) < 4.78 is 5.08. The molecule has 0 bridgehead atoms. The molecule has 0 radical (unpaired) electrons. The lowest BCUT2D eigenvalue weighted by Gasteiger charge is -2.09. The maximum Gasteiger partial charge on any atom is 0.205 e. The molecule has 5 heteroatoms. The van der Waals surface area contributed by atoms with Crippen molar-refractivity contribution < 1.29 is 4.74 Å². The fourth-order valence-corrected chi connectivity index (χ4v) is 2.32. The van der Waals surface area contributed by atoms with Crippen LogP contribution in [0.4, 0.5) is 5.13 Å². The normalized spacial score (nSPS) is 13.1. The zero-order valence-electron chi connectivity index (χ0n) is 10.5. The first-order valence-electron chi connectivity index (χ1n) is 5.67. The average Bonchev–Trinajstić information content (AvgIpc) is 2.62. The summed E-state index contributed by atoms with van der Waals surface area (Å²) >= 11 is 1.65. The van der Waals surface area contributed by atoms with Gasteiger partial charge in [0.05, 0.1) is 6.61 Å². The summed E-state index contributed by atoms with van der Waals surface area (Å²) in [5, 5.41) is 13.6. The zero-order chi connectivity index (χ0) is 12.0. The molecule has 0 aliphatic carbocycles. The monoisotopic (exact) mass is 243 g/mol. The van der Waals surface area contributed by atoms with Crippen molar-refractivity contribution in [3.63, 3.8) is 0 Å². The van der Waals surface area contributed by atoms with Crippen LogP contribution in [-0.4, -0.2) is 30.5 Å². The topological polar surface area (TPSA) is 47.0 Å². The number of hydrogen-bond acceptors (Lipinski definition) is 5. The Kier molecular flexibility index (Phi) is 5.69. The lowest BCUT2D eigenvalue weighted by Crippen LogP contribution is -2.15. The predicted molar refractivity (Wildman–Crippen MR) is 68.0 cm³/mol. The van der Waals surface area contributed by atoms with Gasteiger partial charge in [0.15, 0.2) is 0 Å². The van der Waals surface area contributed by atoms with Crippen molar-refractivity contribution in [1.29, 1.82) is 0 Å². The van der Waals surface area contributed by atoms with Gasteiger partial charge in [-0.1, -0.05) is 32.1 Å². The summed E-state index contributed by atoms with van der Waals surface area (Å²) in [6.45, 7) is 8.17. The molecule has 1 aromatic heterocycles. The largest absolute Gasteiger partial charge is 0.384 e. The Morgan fingerprint density at radius 3 is 2.69 bits per heavy atom. The first-order chi connectivity index (χ1) is 7.61. The van der Waals surface area contributed by atoms with Crippen molar-refractivity contribution in [2.24, 2.45) is 11.8 Å². The first-order valence-corrected chi connectivity index (χ1v) is 6.48. The minimum absolute atomic E-state index is 0.488. The number of hydrogen-bond donors (Lipinski definition) is 1. The highest BCUT2D eigenvalue weighted by Gasteiger charge is 2.07. The van der Waals surface area contributed by atoms with Crippen molar-refractivity contribution in [2.75, 3.05) is 25.6 Å². The maximum atomic E-state index is 5.08. The van der Waals surface area contributed by atoms with Crippen molar-refractivity contribution in [3.05, 3.63) is 5.01 Å². The summed E-state index contributed by atoms with van der Waals surface area (Å²) in [5.41, 5.74) is 0. The van der Waals surface area contributed by atoms with Crippen LogP contribution in [0, 0.1) is 11.8 Å². The molecule has 0 amide bonds. The highest BCUT2D eigenvalue weighted by atomic mass is 32.1. The van der Waals surface area contributed by atoms with E-state index in [1.807, 2.05) is 0 Å². The third-order valence-corrected chi connectivity index (χ3v) is 3.01. The molecule has 0 fully saturated rings. The molecule has 1 atom stereocenters. The Morgan fingerprint density at radius 2 is 2.06 bits per heavy atom. The van der Waals surface area contributed by atoms with Gasteiger partial charge in [-0.15, -0.1) is 10.2 Å². The van der Waals surface area contributed by atoms with Crippen LogP contribution in [0.15, 0.2) is 0 Å². The van der Waals surface area contributed by atoms with Gasteiger partial charge in [0, 0.05) is 20.1 Å². The van der Waals surface area contributed by atoms with E-state index in [4.69, 9.17) is 4.74 Å². The standard InChI is InChI=1S/C11H21N3OS/c1-8(2)5-10-13-14-11(16-10)12-6-9(3)7-15-4/h8-9H,5-7H2,1-4H3,(H,12,14). The van der Waals surface area contributed by atoms with Gasteiger partial charge in [0.25, 0.3) is 0 Å². The Labute approximate surface area is 101 Å². The van der Waals surface area contributed by atoms with Crippen LogP contribution in [0.3, 0.4) is 0 Å². The van der Waals surface area contributed by atoms with Gasteiger partial charge in [-0.2, -0.15) is 0 Å². The second kappa shape index (κ2) is 6.81. The molecule has 0 aromatic carbocycles. The lowest BCUT2D eigenvalue weighted by molar-refractivity contribution is 0.164. The van der Waals surface area contributed by atoms with Crippen LogP contribution in [0.2, 0.25) is 0 Å². The van der Waals surface area contributed by atoms with E-state index >= 15 is 0 Å². The van der Waals surface area contributed by atoms with Gasteiger partial charge in [-0.05, 0) is 11.8 Å². The number of anilines is 1. The summed E-state index contributed by atoms with van der Waals surface area (Å²) in [7, 11) is 1.72. The SMILES string of the molecule is COCC(C)CNc1nnc(CC(C)C)s1. The van der Waals surface area contributed by atoms with Crippen LogP contribution < -0.4 is 5.32 Å². The fourth-order valence-electron chi connectivity index (χ4n) is 1.36. The molecule has 4 nitrogen and oxygen atoms in total. The van der Waals surface area contributed by atoms with Crippen LogP contribution in [0.1, 0.15) is 25.8 Å². The molecule has 1 heterocycles. The quantitative estimate of drug-likeness (QED) is 0.799. The van der Waals surface area contributed by atoms with Gasteiger partial charge >= 0.3 is 0 Å². The van der Waals surface area contributed by atoms with E-state index in [2.05, 4.69) is 36.3 Å². The van der Waals surface area contributed by atoms with E-state index in [9.17, 15) is 0 Å². The first kappa shape index (κ1) is 13.4. The molecule has 1 rings (SSSR count). The van der Waals surface area contributed by atoms with E-state index in [1.54, 1.807) is 18.4 Å². The van der Waals surface area contributed by atoms with Crippen molar-refractivity contribution in [1.82, 2.24) is 10.2 Å². The number of nitrogens with one attached hydrogen (secondary N) is 1. The molecule has 0 spiro atoms. The van der Waals surface area contributed by atoms with E-state index in [-0.39, 0.29) is 0 Å². The fraction of sp³-hybridized carbons (Fsp3) is 0.818. The molecule has 0 aliphatic rings. The molecule has 0 aliphatic heterocycles. The molecule has 0 saturated carbocycles. The second-order valence-electron chi connectivity index (χ2n) is 4.54. The van der Waals surface area contributed by atoms with Gasteiger partial charge in [-0.3, -0.25) is 0 Å². The third-order valence-electron chi connectivity index (χ3n) is 2.10. The Bertz CT molecular complexity index is 301. The number of aromatic nitrogens is 2. The summed E-state index contributed by atoms with van der Waals surface area (Å²) in [5.74, 6) is 1.12. The molecule has 1 unspecified atom stereocenters. The molecule has 92 valence electrons. The minimum Gasteiger partial charge on any atom is -0.384 e. The van der Waals surface area contributed by atoms with Crippen molar-refractivity contribution in [3.8, 4) is 0 Å². The van der Waals surface area contributed by atoms with E-state index in [0.29, 0.717) is 11.8 Å². The van der Waals surface area contributed by atoms with Crippen LogP contribution in [-0.2, 0) is 11.2 Å². The average molecular weight is 243 g/mol. The summed E-state index contributed by atoms with van der Waals surface area (Å²) in [6.07, 6.45) is 1.01. The third kappa shape index (κ3) is 4.90. The molecular weight excluding hydrogens is 222 g/mol. The zero-order valence-corrected chi connectivity index (χ0v) is 11.3. The van der Waals surface area contributed by atoms with Crippen LogP contribution in [0.25, 0.3) is 0 Å². The van der Waals surface area contributed by atoms with Crippen LogP contribution >= 0.6 is 11.3 Å². The Balaban J connectivity index is 2.34. The smallest absolute Gasteiger partial charge is 0.205 e. The van der Waals surface area contributed by atoms with E-state index < -0.39 is 0 Å². The van der Waals surface area contributed by atoms with Crippen molar-refractivity contribution >= 4 is 16.5 Å². The molecule has 16 heavy (non-hydrogen) atoms. The number of ether oxygens (including phenoxy) is 1. The van der Waals surface area contributed by atoms with E-state index in [0.717, 1.165) is 29.7 Å². The highest BCUT2D eigenvalue weighted by Crippen LogP contribution is 2.18. The molecule has 1 N–H and O–H groups in total. The molecular formula is C11H21N3OS. The Morgan fingerprint density at radius 1 is 1.31 bits per heavy atom. The van der Waals surface area contributed by atoms with Gasteiger partial charge < -0.3 is 10.1 Å². The van der Waals surface area contributed by atoms with Gasteiger partial charge in [0.2, 0.25) is 5.13 Å². The lowest BCUT2D eigenvalue weighted by atomic mass is 10.1. The van der Waals surface area contributed by atoms with E-state index in [1.165, 1.54) is 0 Å². The van der Waals surface area contributed by atoms with Crippen LogP contribution in [0.5, 0.6) is 0 Å². The van der Waals surface area contributed by atoms with Gasteiger partial charge in [-0.25, -0.2) is 0 Å². The second-order valence-corrected chi connectivity index (χ2v) is 5.60. The summed E-state index contributed by atoms with van der Waals surface area (Å²) in [4.78, 5) is 0. The van der Waals surface area contributed by atoms with Crippen molar-refractivity contribution in [2.45, 2.75) is 27.2 Å². The number of methoxy groups -OCH3 is 1. The maximum absolute atomic E-state index is 5.08. The predicted octanol–water partition coefficient (Wildman–Crippen LogP) is 2.43. The number of nitrogens with zero attached hydrogens (tertiary/aromatic N) is 2. The summed E-state index contributed by atoms with van der Waals surface area (Å²) in [6, 6.07) is 0. The molecule has 0 saturated heterocycles.